The van der Waals surface area contributed by atoms with Gasteiger partial charge < -0.3 is 4.90 Å². The fourth-order valence-corrected chi connectivity index (χ4v) is 4.46. The van der Waals surface area contributed by atoms with E-state index in [2.05, 4.69) is 40.7 Å². The Kier molecular flexibility index (Phi) is 6.63. The van der Waals surface area contributed by atoms with Gasteiger partial charge in [0.15, 0.2) is 5.13 Å². The number of hydrogen-bond donors (Lipinski definition) is 0. The van der Waals surface area contributed by atoms with Crippen molar-refractivity contribution in [2.45, 2.75) is 20.8 Å². The van der Waals surface area contributed by atoms with Crippen LogP contribution in [-0.4, -0.2) is 42.0 Å². The first-order valence-corrected chi connectivity index (χ1v) is 10.8. The minimum absolute atomic E-state index is 0.000257. The summed E-state index contributed by atoms with van der Waals surface area (Å²) < 4.78 is 2.09. The zero-order chi connectivity index (χ0) is 19.4. The van der Waals surface area contributed by atoms with Crippen LogP contribution < -0.4 is 4.90 Å². The number of hydrogen-bond acceptors (Lipinski definition) is 4. The summed E-state index contributed by atoms with van der Waals surface area (Å²) in [6.45, 7) is 9.69. The predicted octanol–water partition coefficient (Wildman–Crippen LogP) is 5.36. The van der Waals surface area contributed by atoms with E-state index in [9.17, 15) is 4.79 Å². The standard InChI is InChI=1S/C21H24BrN3OS/c1-4-24(5-2)12-13-25(20(26)16-8-6-15(3)7-9-16)21-23-18-11-10-17(22)14-19(18)27-21/h6-11,14H,4-5,12-13H2,1-3H3. The molecule has 1 heterocycles. The van der Waals surface area contributed by atoms with E-state index >= 15 is 0 Å². The van der Waals surface area contributed by atoms with Gasteiger partial charge in [0.25, 0.3) is 5.91 Å². The molecule has 1 aromatic heterocycles. The highest BCUT2D eigenvalue weighted by molar-refractivity contribution is 9.10. The van der Waals surface area contributed by atoms with Crippen molar-refractivity contribution in [3.63, 3.8) is 0 Å². The third-order valence-corrected chi connectivity index (χ3v) is 6.18. The number of rotatable bonds is 7. The molecule has 0 atom stereocenters. The largest absolute Gasteiger partial charge is 0.302 e. The average Bonchev–Trinajstić information content (AvgIpc) is 3.08. The molecule has 27 heavy (non-hydrogen) atoms. The van der Waals surface area contributed by atoms with Crippen molar-refractivity contribution < 1.29 is 4.79 Å². The first-order chi connectivity index (χ1) is 13.0. The van der Waals surface area contributed by atoms with Crippen LogP contribution in [0.5, 0.6) is 0 Å². The van der Waals surface area contributed by atoms with Crippen molar-refractivity contribution in [1.29, 1.82) is 0 Å². The number of nitrogens with zero attached hydrogens (tertiary/aromatic N) is 3. The van der Waals surface area contributed by atoms with Gasteiger partial charge in [-0.25, -0.2) is 4.98 Å². The molecule has 0 bridgehead atoms. The molecule has 0 saturated carbocycles. The van der Waals surface area contributed by atoms with Crippen molar-refractivity contribution in [1.82, 2.24) is 9.88 Å². The lowest BCUT2D eigenvalue weighted by atomic mass is 10.1. The molecule has 0 fully saturated rings. The van der Waals surface area contributed by atoms with Gasteiger partial charge in [-0.1, -0.05) is 58.8 Å². The normalized spacial score (nSPS) is 11.3. The SMILES string of the molecule is CCN(CC)CCN(C(=O)c1ccc(C)cc1)c1nc2ccc(Br)cc2s1. The van der Waals surface area contributed by atoms with E-state index in [1.165, 1.54) is 0 Å². The van der Waals surface area contributed by atoms with E-state index in [0.29, 0.717) is 12.1 Å². The van der Waals surface area contributed by atoms with Crippen LogP contribution in [0.2, 0.25) is 0 Å². The monoisotopic (exact) mass is 445 g/mol. The van der Waals surface area contributed by atoms with E-state index in [4.69, 9.17) is 4.98 Å². The summed E-state index contributed by atoms with van der Waals surface area (Å²) in [7, 11) is 0. The second-order valence-corrected chi connectivity index (χ2v) is 8.38. The van der Waals surface area contributed by atoms with Crippen molar-refractivity contribution >= 4 is 48.5 Å². The van der Waals surface area contributed by atoms with Crippen LogP contribution in [0.1, 0.15) is 29.8 Å². The quantitative estimate of drug-likeness (QED) is 0.491. The third kappa shape index (κ3) is 4.75. The summed E-state index contributed by atoms with van der Waals surface area (Å²) in [5, 5.41) is 0.751. The Morgan fingerprint density at radius 3 is 2.44 bits per heavy atom. The van der Waals surface area contributed by atoms with E-state index in [1.54, 1.807) is 11.3 Å². The van der Waals surface area contributed by atoms with Crippen LogP contribution in [0, 0.1) is 6.92 Å². The zero-order valence-electron chi connectivity index (χ0n) is 15.9. The summed E-state index contributed by atoms with van der Waals surface area (Å²) in [6.07, 6.45) is 0. The van der Waals surface area contributed by atoms with Gasteiger partial charge >= 0.3 is 0 Å². The number of fused-ring (bicyclic) bond motifs is 1. The molecule has 2 aromatic carbocycles. The summed E-state index contributed by atoms with van der Waals surface area (Å²) in [5.41, 5.74) is 2.76. The number of carbonyl (C=O) groups is 1. The number of aromatic nitrogens is 1. The Morgan fingerprint density at radius 1 is 1.07 bits per heavy atom. The van der Waals surface area contributed by atoms with Crippen LogP contribution in [0.4, 0.5) is 5.13 Å². The minimum atomic E-state index is 0.000257. The molecule has 0 saturated heterocycles. The maximum atomic E-state index is 13.3. The Morgan fingerprint density at radius 2 is 1.78 bits per heavy atom. The molecular formula is C21H24BrN3OS. The van der Waals surface area contributed by atoms with Crippen LogP contribution in [0.25, 0.3) is 10.2 Å². The number of aryl methyl sites for hydroxylation is 1. The highest BCUT2D eigenvalue weighted by atomic mass is 79.9. The summed E-state index contributed by atoms with van der Waals surface area (Å²) in [6, 6.07) is 13.8. The van der Waals surface area contributed by atoms with E-state index in [0.717, 1.165) is 45.0 Å². The number of likely N-dealkylation sites (N-methyl/N-ethyl adjacent to an activating group) is 1. The lowest BCUT2D eigenvalue weighted by molar-refractivity contribution is 0.0984. The van der Waals surface area contributed by atoms with Crippen molar-refractivity contribution in [2.24, 2.45) is 0 Å². The average molecular weight is 446 g/mol. The molecule has 0 radical (unpaired) electrons. The maximum absolute atomic E-state index is 13.3. The van der Waals surface area contributed by atoms with Gasteiger partial charge in [0.1, 0.15) is 0 Å². The first kappa shape index (κ1) is 20.0. The molecule has 6 heteroatoms. The molecule has 4 nitrogen and oxygen atoms in total. The number of thiazole rings is 1. The lowest BCUT2D eigenvalue weighted by Gasteiger charge is -2.24. The molecule has 3 aromatic rings. The molecule has 142 valence electrons. The van der Waals surface area contributed by atoms with Crippen LogP contribution >= 0.6 is 27.3 Å². The fraction of sp³-hybridized carbons (Fsp3) is 0.333. The van der Waals surface area contributed by atoms with Gasteiger partial charge in [-0.2, -0.15) is 0 Å². The van der Waals surface area contributed by atoms with Crippen LogP contribution in [0.3, 0.4) is 0 Å². The number of anilines is 1. The van der Waals surface area contributed by atoms with Gasteiger partial charge in [0.05, 0.1) is 10.2 Å². The summed E-state index contributed by atoms with van der Waals surface area (Å²) in [4.78, 5) is 22.1. The van der Waals surface area contributed by atoms with Gasteiger partial charge in [-0.15, -0.1) is 0 Å². The molecular weight excluding hydrogens is 422 g/mol. The predicted molar refractivity (Wildman–Crippen MR) is 118 cm³/mol. The molecule has 0 aliphatic carbocycles. The fourth-order valence-electron chi connectivity index (χ4n) is 2.92. The topological polar surface area (TPSA) is 36.4 Å². The smallest absolute Gasteiger partial charge is 0.260 e. The zero-order valence-corrected chi connectivity index (χ0v) is 18.3. The Balaban J connectivity index is 1.94. The number of halogens is 1. The van der Waals surface area contributed by atoms with Gasteiger partial charge in [-0.3, -0.25) is 9.69 Å². The van der Waals surface area contributed by atoms with E-state index in [-0.39, 0.29) is 5.91 Å². The van der Waals surface area contributed by atoms with Gasteiger partial charge in [0, 0.05) is 23.1 Å². The maximum Gasteiger partial charge on any atom is 0.260 e. The molecule has 0 spiro atoms. The molecule has 3 rings (SSSR count). The van der Waals surface area contributed by atoms with Crippen LogP contribution in [-0.2, 0) is 0 Å². The second kappa shape index (κ2) is 8.95. The van der Waals surface area contributed by atoms with Crippen molar-refractivity contribution in [3.8, 4) is 0 Å². The highest BCUT2D eigenvalue weighted by Crippen LogP contribution is 2.31. The molecule has 0 unspecified atom stereocenters. The van der Waals surface area contributed by atoms with Gasteiger partial charge in [0.2, 0.25) is 0 Å². The Bertz CT molecular complexity index is 919. The van der Waals surface area contributed by atoms with E-state index < -0.39 is 0 Å². The number of carbonyl (C=O) groups excluding carboxylic acids is 1. The van der Waals surface area contributed by atoms with E-state index in [1.807, 2.05) is 48.2 Å². The van der Waals surface area contributed by atoms with Crippen LogP contribution in [0.15, 0.2) is 46.9 Å². The molecule has 0 N–H and O–H groups in total. The molecule has 0 aliphatic rings. The minimum Gasteiger partial charge on any atom is -0.302 e. The summed E-state index contributed by atoms with van der Waals surface area (Å²) >= 11 is 5.07. The Hall–Kier alpha value is -1.76. The van der Waals surface area contributed by atoms with Crippen molar-refractivity contribution in [2.75, 3.05) is 31.1 Å². The van der Waals surface area contributed by atoms with Gasteiger partial charge in [-0.05, 0) is 50.3 Å². The first-order valence-electron chi connectivity index (χ1n) is 9.18. The number of amides is 1. The van der Waals surface area contributed by atoms with Crippen molar-refractivity contribution in [3.05, 3.63) is 58.1 Å². The molecule has 1 amide bonds. The Labute approximate surface area is 172 Å². The third-order valence-electron chi connectivity index (χ3n) is 4.65. The summed E-state index contributed by atoms with van der Waals surface area (Å²) in [5.74, 6) is 0.000257. The second-order valence-electron chi connectivity index (χ2n) is 6.46. The lowest BCUT2D eigenvalue weighted by Crippen LogP contribution is -2.38. The number of benzene rings is 2. The molecule has 0 aliphatic heterocycles. The highest BCUT2D eigenvalue weighted by Gasteiger charge is 2.22.